The van der Waals surface area contributed by atoms with E-state index < -0.39 is 0 Å². The molecule has 0 radical (unpaired) electrons. The molecule has 2 unspecified atom stereocenters. The second-order valence-electron chi connectivity index (χ2n) is 4.82. The standard InChI is InChI=1S/C15H22N2O2/c1-2-6-13(12-7-4-3-5-8-12)17-15(18)14-11-16-9-10-19-14/h3-5,7-8,13-14,16H,2,6,9-11H2,1H3,(H,17,18). The van der Waals surface area contributed by atoms with E-state index in [1.54, 1.807) is 0 Å². The number of nitrogens with one attached hydrogen (secondary N) is 2. The molecule has 1 aliphatic heterocycles. The van der Waals surface area contributed by atoms with Crippen LogP contribution in [-0.2, 0) is 9.53 Å². The highest BCUT2D eigenvalue weighted by atomic mass is 16.5. The molecule has 0 bridgehead atoms. The summed E-state index contributed by atoms with van der Waals surface area (Å²) in [6, 6.07) is 10.2. The van der Waals surface area contributed by atoms with Gasteiger partial charge in [0.2, 0.25) is 0 Å². The molecule has 0 spiro atoms. The monoisotopic (exact) mass is 262 g/mol. The zero-order valence-corrected chi connectivity index (χ0v) is 11.4. The summed E-state index contributed by atoms with van der Waals surface area (Å²) < 4.78 is 5.48. The first kappa shape index (κ1) is 14.0. The average molecular weight is 262 g/mol. The fourth-order valence-electron chi connectivity index (χ4n) is 2.29. The Morgan fingerprint density at radius 1 is 1.47 bits per heavy atom. The van der Waals surface area contributed by atoms with Crippen LogP contribution in [0.5, 0.6) is 0 Å². The van der Waals surface area contributed by atoms with Crippen LogP contribution in [0.2, 0.25) is 0 Å². The third kappa shape index (κ3) is 4.04. The van der Waals surface area contributed by atoms with Crippen molar-refractivity contribution in [1.82, 2.24) is 10.6 Å². The molecule has 2 rings (SSSR count). The van der Waals surface area contributed by atoms with Crippen LogP contribution in [0.15, 0.2) is 30.3 Å². The van der Waals surface area contributed by atoms with Gasteiger partial charge < -0.3 is 15.4 Å². The lowest BCUT2D eigenvalue weighted by Gasteiger charge is -2.26. The number of rotatable bonds is 5. The molecular formula is C15H22N2O2. The summed E-state index contributed by atoms with van der Waals surface area (Å²) in [5, 5.41) is 6.27. The molecule has 1 heterocycles. The van der Waals surface area contributed by atoms with Crippen LogP contribution in [0.3, 0.4) is 0 Å². The van der Waals surface area contributed by atoms with Crippen molar-refractivity contribution in [3.63, 3.8) is 0 Å². The average Bonchev–Trinajstić information content (AvgIpc) is 2.48. The van der Waals surface area contributed by atoms with Gasteiger partial charge in [0.25, 0.3) is 5.91 Å². The van der Waals surface area contributed by atoms with E-state index in [1.807, 2.05) is 18.2 Å². The van der Waals surface area contributed by atoms with E-state index >= 15 is 0 Å². The van der Waals surface area contributed by atoms with Crippen molar-refractivity contribution in [3.05, 3.63) is 35.9 Å². The molecule has 2 N–H and O–H groups in total. The van der Waals surface area contributed by atoms with Gasteiger partial charge in [-0.15, -0.1) is 0 Å². The van der Waals surface area contributed by atoms with Gasteiger partial charge in [0, 0.05) is 13.1 Å². The van der Waals surface area contributed by atoms with Crippen LogP contribution in [-0.4, -0.2) is 31.7 Å². The molecule has 1 aliphatic rings. The fourth-order valence-corrected chi connectivity index (χ4v) is 2.29. The maximum absolute atomic E-state index is 12.2. The molecule has 1 aromatic carbocycles. The molecule has 19 heavy (non-hydrogen) atoms. The largest absolute Gasteiger partial charge is 0.366 e. The summed E-state index contributed by atoms with van der Waals surface area (Å²) in [6.07, 6.45) is 1.61. The van der Waals surface area contributed by atoms with Crippen molar-refractivity contribution in [1.29, 1.82) is 0 Å². The Kier molecular flexibility index (Phi) is 5.36. The number of carbonyl (C=O) groups is 1. The Labute approximate surface area is 114 Å². The third-order valence-electron chi connectivity index (χ3n) is 3.32. The minimum atomic E-state index is -0.364. The zero-order chi connectivity index (χ0) is 13.5. The first-order chi connectivity index (χ1) is 9.31. The van der Waals surface area contributed by atoms with Gasteiger partial charge in [-0.2, -0.15) is 0 Å². The molecule has 4 nitrogen and oxygen atoms in total. The number of hydrogen-bond donors (Lipinski definition) is 2. The van der Waals surface area contributed by atoms with Crippen molar-refractivity contribution in [2.24, 2.45) is 0 Å². The third-order valence-corrected chi connectivity index (χ3v) is 3.32. The van der Waals surface area contributed by atoms with Gasteiger partial charge in [0.1, 0.15) is 6.10 Å². The normalized spacial score (nSPS) is 20.8. The molecule has 0 saturated carbocycles. The molecule has 2 atom stereocenters. The van der Waals surface area contributed by atoms with E-state index in [9.17, 15) is 4.79 Å². The van der Waals surface area contributed by atoms with Crippen LogP contribution in [0.25, 0.3) is 0 Å². The molecule has 0 aromatic heterocycles. The van der Waals surface area contributed by atoms with Crippen LogP contribution in [0, 0.1) is 0 Å². The Hall–Kier alpha value is -1.39. The number of amides is 1. The first-order valence-corrected chi connectivity index (χ1v) is 6.99. The Morgan fingerprint density at radius 2 is 2.26 bits per heavy atom. The number of morpholine rings is 1. The lowest BCUT2D eigenvalue weighted by molar-refractivity contribution is -0.135. The predicted octanol–water partition coefficient (Wildman–Crippen LogP) is 1.63. The minimum absolute atomic E-state index is 0.0190. The van der Waals surface area contributed by atoms with E-state index in [1.165, 1.54) is 0 Å². The summed E-state index contributed by atoms with van der Waals surface area (Å²) in [5.41, 5.74) is 1.15. The number of benzene rings is 1. The quantitative estimate of drug-likeness (QED) is 0.848. The number of ether oxygens (including phenoxy) is 1. The highest BCUT2D eigenvalue weighted by Gasteiger charge is 2.24. The van der Waals surface area contributed by atoms with Crippen molar-refractivity contribution in [3.8, 4) is 0 Å². The first-order valence-electron chi connectivity index (χ1n) is 6.99. The van der Waals surface area contributed by atoms with Crippen molar-refractivity contribution >= 4 is 5.91 Å². The molecule has 104 valence electrons. The molecule has 1 amide bonds. The topological polar surface area (TPSA) is 50.4 Å². The van der Waals surface area contributed by atoms with Gasteiger partial charge in [-0.25, -0.2) is 0 Å². The molecular weight excluding hydrogens is 240 g/mol. The van der Waals surface area contributed by atoms with E-state index in [-0.39, 0.29) is 18.1 Å². The van der Waals surface area contributed by atoms with E-state index in [4.69, 9.17) is 4.74 Å². The molecule has 1 aromatic rings. The summed E-state index contributed by atoms with van der Waals surface area (Å²) in [7, 11) is 0. The number of hydrogen-bond acceptors (Lipinski definition) is 3. The van der Waals surface area contributed by atoms with Gasteiger partial charge in [0.05, 0.1) is 12.6 Å². The molecule has 4 heteroatoms. The molecule has 1 fully saturated rings. The summed E-state index contributed by atoms with van der Waals surface area (Å²) in [6.45, 7) is 4.14. The van der Waals surface area contributed by atoms with Crippen molar-refractivity contribution in [2.45, 2.75) is 31.9 Å². The van der Waals surface area contributed by atoms with Gasteiger partial charge in [-0.3, -0.25) is 4.79 Å². The van der Waals surface area contributed by atoms with Crippen molar-refractivity contribution < 1.29 is 9.53 Å². The second-order valence-corrected chi connectivity index (χ2v) is 4.82. The highest BCUT2D eigenvalue weighted by molar-refractivity contribution is 5.81. The molecule has 1 saturated heterocycles. The minimum Gasteiger partial charge on any atom is -0.366 e. The van der Waals surface area contributed by atoms with Gasteiger partial charge in [-0.1, -0.05) is 43.7 Å². The van der Waals surface area contributed by atoms with Crippen LogP contribution < -0.4 is 10.6 Å². The highest BCUT2D eigenvalue weighted by Crippen LogP contribution is 2.18. The predicted molar refractivity (Wildman–Crippen MR) is 74.8 cm³/mol. The smallest absolute Gasteiger partial charge is 0.250 e. The Bertz CT molecular complexity index is 388. The fraction of sp³-hybridized carbons (Fsp3) is 0.533. The Balaban J connectivity index is 1.98. The van der Waals surface area contributed by atoms with Gasteiger partial charge >= 0.3 is 0 Å². The number of carbonyl (C=O) groups excluding carboxylic acids is 1. The lowest BCUT2D eigenvalue weighted by atomic mass is 10.0. The molecule has 0 aliphatic carbocycles. The van der Waals surface area contributed by atoms with Crippen LogP contribution in [0.1, 0.15) is 31.4 Å². The SMILES string of the molecule is CCCC(NC(=O)C1CNCCO1)c1ccccc1. The van der Waals surface area contributed by atoms with Crippen LogP contribution in [0.4, 0.5) is 0 Å². The summed E-state index contributed by atoms with van der Waals surface area (Å²) in [5.74, 6) is -0.0190. The maximum atomic E-state index is 12.2. The second kappa shape index (κ2) is 7.26. The van der Waals surface area contributed by atoms with E-state index in [2.05, 4.69) is 29.7 Å². The Morgan fingerprint density at radius 3 is 2.89 bits per heavy atom. The summed E-state index contributed by atoms with van der Waals surface area (Å²) >= 11 is 0. The lowest BCUT2D eigenvalue weighted by Crippen LogP contribution is -2.48. The maximum Gasteiger partial charge on any atom is 0.250 e. The van der Waals surface area contributed by atoms with E-state index in [0.717, 1.165) is 24.9 Å². The van der Waals surface area contributed by atoms with Gasteiger partial charge in [0.15, 0.2) is 0 Å². The van der Waals surface area contributed by atoms with Crippen molar-refractivity contribution in [2.75, 3.05) is 19.7 Å². The summed E-state index contributed by atoms with van der Waals surface area (Å²) in [4.78, 5) is 12.2. The van der Waals surface area contributed by atoms with Gasteiger partial charge in [-0.05, 0) is 12.0 Å². The van der Waals surface area contributed by atoms with E-state index in [0.29, 0.717) is 13.2 Å². The zero-order valence-electron chi connectivity index (χ0n) is 11.4. The van der Waals surface area contributed by atoms with Crippen LogP contribution >= 0.6 is 0 Å².